The van der Waals surface area contributed by atoms with Gasteiger partial charge in [-0.3, -0.25) is 4.79 Å². The van der Waals surface area contributed by atoms with Crippen LogP contribution >= 0.6 is 0 Å². The van der Waals surface area contributed by atoms with Crippen LogP contribution in [0.5, 0.6) is 23.0 Å². The molecule has 43 heavy (non-hydrogen) atoms. The summed E-state index contributed by atoms with van der Waals surface area (Å²) in [5.74, 6) is -1.06. The molecule has 0 bridgehead atoms. The molecule has 3 heterocycles. The topological polar surface area (TPSA) is 238 Å². The van der Waals surface area contributed by atoms with E-state index in [1.165, 1.54) is 38.5 Å². The Balaban J connectivity index is 1.69. The molecule has 1 aromatic heterocycles. The van der Waals surface area contributed by atoms with Crippen LogP contribution in [-0.2, 0) is 14.2 Å². The number of phenols is 2. The van der Waals surface area contributed by atoms with Gasteiger partial charge in [0.1, 0.15) is 64.9 Å². The molecule has 234 valence electrons. The molecular formula is C28H32O15. The van der Waals surface area contributed by atoms with Crippen LogP contribution in [0, 0.1) is 0 Å². The van der Waals surface area contributed by atoms with E-state index in [0.717, 1.165) is 6.07 Å². The van der Waals surface area contributed by atoms with Crippen LogP contribution in [0.4, 0.5) is 0 Å². The smallest absolute Gasteiger partial charge is 0.205 e. The van der Waals surface area contributed by atoms with E-state index >= 15 is 0 Å². The van der Waals surface area contributed by atoms with Gasteiger partial charge in [-0.05, 0) is 24.3 Å². The fraction of sp³-hybridized carbons (Fsp3) is 0.464. The second-order valence-electron chi connectivity index (χ2n) is 10.3. The molecule has 0 spiro atoms. The number of hydrogen-bond donors (Lipinski definition) is 8. The molecule has 6 unspecified atom stereocenters. The number of hydrogen-bond acceptors (Lipinski definition) is 15. The highest BCUT2D eigenvalue weighted by Gasteiger charge is 2.54. The summed E-state index contributed by atoms with van der Waals surface area (Å²) in [6, 6.07) is 6.90. The van der Waals surface area contributed by atoms with E-state index in [-0.39, 0.29) is 39.5 Å². The van der Waals surface area contributed by atoms with Gasteiger partial charge in [0.05, 0.1) is 39.6 Å². The summed E-state index contributed by atoms with van der Waals surface area (Å²) in [6.45, 7) is -2.19. The van der Waals surface area contributed by atoms with Crippen molar-refractivity contribution in [2.75, 3.05) is 34.0 Å². The van der Waals surface area contributed by atoms with Crippen molar-refractivity contribution >= 4 is 11.0 Å². The number of aromatic hydroxyl groups is 2. The van der Waals surface area contributed by atoms with Crippen LogP contribution in [0.3, 0.4) is 0 Å². The van der Waals surface area contributed by atoms with Gasteiger partial charge in [0.25, 0.3) is 0 Å². The van der Waals surface area contributed by atoms with Crippen molar-refractivity contribution in [1.29, 1.82) is 0 Å². The van der Waals surface area contributed by atoms with Crippen molar-refractivity contribution in [3.63, 3.8) is 0 Å². The predicted octanol–water partition coefficient (Wildman–Crippen LogP) is -1.13. The van der Waals surface area contributed by atoms with Crippen LogP contribution in [0.15, 0.2) is 39.5 Å². The highest BCUT2D eigenvalue weighted by molar-refractivity contribution is 5.94. The monoisotopic (exact) mass is 608 g/mol. The highest BCUT2D eigenvalue weighted by Crippen LogP contribution is 2.51. The largest absolute Gasteiger partial charge is 0.508 e. The Hall–Kier alpha value is -3.51. The number of methoxy groups -OCH3 is 2. The van der Waals surface area contributed by atoms with Gasteiger partial charge in [-0.15, -0.1) is 0 Å². The van der Waals surface area contributed by atoms with E-state index in [0.29, 0.717) is 5.56 Å². The van der Waals surface area contributed by atoms with E-state index in [1.807, 2.05) is 0 Å². The van der Waals surface area contributed by atoms with Crippen LogP contribution in [0.1, 0.15) is 11.7 Å². The molecule has 0 aliphatic carbocycles. The van der Waals surface area contributed by atoms with Gasteiger partial charge in [0, 0.05) is 11.6 Å². The maximum Gasteiger partial charge on any atom is 0.205 e. The third-order valence-corrected chi connectivity index (χ3v) is 7.68. The lowest BCUT2D eigenvalue weighted by Crippen LogP contribution is -2.58. The lowest BCUT2D eigenvalue weighted by Gasteiger charge is -2.43. The first-order valence-corrected chi connectivity index (χ1v) is 13.1. The zero-order valence-electron chi connectivity index (χ0n) is 23.0. The van der Waals surface area contributed by atoms with E-state index < -0.39 is 79.5 Å². The average Bonchev–Trinajstić information content (AvgIpc) is 3.28. The minimum absolute atomic E-state index is 0.0114. The van der Waals surface area contributed by atoms with Crippen LogP contribution in [-0.4, -0.2) is 117 Å². The third kappa shape index (κ3) is 5.18. The second-order valence-corrected chi connectivity index (χ2v) is 10.3. The summed E-state index contributed by atoms with van der Waals surface area (Å²) in [6.07, 6.45) is -11.7. The fourth-order valence-corrected chi connectivity index (χ4v) is 5.30. The lowest BCUT2D eigenvalue weighted by molar-refractivity contribution is -0.287. The van der Waals surface area contributed by atoms with Crippen molar-refractivity contribution in [2.45, 2.75) is 48.5 Å². The van der Waals surface area contributed by atoms with E-state index in [9.17, 15) is 45.6 Å². The van der Waals surface area contributed by atoms with Crippen LogP contribution in [0.2, 0.25) is 0 Å². The maximum atomic E-state index is 13.4. The molecule has 0 radical (unpaired) electrons. The molecule has 3 aromatic rings. The fourth-order valence-electron chi connectivity index (χ4n) is 5.30. The van der Waals surface area contributed by atoms with Crippen molar-refractivity contribution in [3.8, 4) is 34.3 Å². The standard InChI is InChI=1S/C28H32O15/c1-38-21-17(19(34)16-13(32)7-14(41-22(16)25(21)39-2)11-3-5-12(31)6-4-11)23-24(20(35)18(33)15(8-29)42-23)43-27-26(36)28(37,9-30)10-40-27/h3-7,15,18,20,23-24,26-27,29-31,33-37H,8-10H2,1-2H3/t15?,18?,20?,23?,24?,26?,27-,28-/m1/s1. The molecule has 2 aromatic carbocycles. The molecular weight excluding hydrogens is 576 g/mol. The molecule has 2 fully saturated rings. The first-order chi connectivity index (χ1) is 20.5. The number of aliphatic hydroxyl groups is 6. The minimum atomic E-state index is -2.09. The first-order valence-electron chi connectivity index (χ1n) is 13.1. The molecule has 2 aliphatic rings. The number of phenolic OH excluding ortho intramolecular Hbond substituents is 2. The Morgan fingerprint density at radius 2 is 1.67 bits per heavy atom. The molecule has 5 rings (SSSR count). The Morgan fingerprint density at radius 3 is 2.26 bits per heavy atom. The Labute approximate surface area is 243 Å². The van der Waals surface area contributed by atoms with E-state index in [4.69, 9.17) is 28.1 Å². The zero-order chi connectivity index (χ0) is 31.2. The molecule has 8 atom stereocenters. The molecule has 8 N–H and O–H groups in total. The minimum Gasteiger partial charge on any atom is -0.508 e. The van der Waals surface area contributed by atoms with Crippen molar-refractivity contribution in [3.05, 3.63) is 46.1 Å². The molecule has 15 heteroatoms. The third-order valence-electron chi connectivity index (χ3n) is 7.68. The van der Waals surface area contributed by atoms with E-state index in [1.54, 1.807) is 0 Å². The molecule has 0 amide bonds. The number of benzene rings is 2. The van der Waals surface area contributed by atoms with Crippen molar-refractivity contribution < 1.29 is 69.0 Å². The Kier molecular flexibility index (Phi) is 8.54. The second kappa shape index (κ2) is 11.9. The van der Waals surface area contributed by atoms with Crippen LogP contribution in [0.25, 0.3) is 22.3 Å². The summed E-state index contributed by atoms with van der Waals surface area (Å²) in [4.78, 5) is 13.4. The summed E-state index contributed by atoms with van der Waals surface area (Å²) in [5.41, 5.74) is -2.90. The van der Waals surface area contributed by atoms with Gasteiger partial charge >= 0.3 is 0 Å². The van der Waals surface area contributed by atoms with E-state index in [2.05, 4.69) is 0 Å². The summed E-state index contributed by atoms with van der Waals surface area (Å²) < 4.78 is 34.0. The molecule has 2 saturated heterocycles. The number of ether oxygens (including phenoxy) is 5. The normalized spacial score (nSPS) is 30.9. The van der Waals surface area contributed by atoms with Gasteiger partial charge in [-0.1, -0.05) is 0 Å². The number of rotatable bonds is 8. The first kappa shape index (κ1) is 30.9. The lowest BCUT2D eigenvalue weighted by atomic mass is 9.89. The number of fused-ring (bicyclic) bond motifs is 1. The summed E-state index contributed by atoms with van der Waals surface area (Å²) in [5, 5.41) is 82.8. The predicted molar refractivity (Wildman–Crippen MR) is 144 cm³/mol. The van der Waals surface area contributed by atoms with Crippen molar-refractivity contribution in [2.24, 2.45) is 0 Å². The van der Waals surface area contributed by atoms with Gasteiger partial charge < -0.3 is 69.0 Å². The van der Waals surface area contributed by atoms with Gasteiger partial charge in [-0.25, -0.2) is 0 Å². The Bertz CT molecular complexity index is 1520. The average molecular weight is 609 g/mol. The van der Waals surface area contributed by atoms with Crippen molar-refractivity contribution in [1.82, 2.24) is 0 Å². The Morgan fingerprint density at radius 1 is 1.00 bits per heavy atom. The quantitative estimate of drug-likeness (QED) is 0.151. The number of aliphatic hydroxyl groups excluding tert-OH is 5. The van der Waals surface area contributed by atoms with Crippen LogP contribution < -0.4 is 14.9 Å². The zero-order valence-corrected chi connectivity index (χ0v) is 23.0. The highest BCUT2D eigenvalue weighted by atomic mass is 16.7. The molecule has 2 aliphatic heterocycles. The molecule has 0 saturated carbocycles. The van der Waals surface area contributed by atoms with Gasteiger partial charge in [-0.2, -0.15) is 0 Å². The summed E-state index contributed by atoms with van der Waals surface area (Å²) in [7, 11) is 2.46. The summed E-state index contributed by atoms with van der Waals surface area (Å²) >= 11 is 0. The van der Waals surface area contributed by atoms with Gasteiger partial charge in [0.15, 0.2) is 23.1 Å². The van der Waals surface area contributed by atoms with Gasteiger partial charge in [0.2, 0.25) is 5.75 Å². The SMILES string of the molecule is COc1c(C2OC(CO)C(O)C(O)C2O[C@H]2OC[C@](O)(CO)C2O)c(O)c2c(=O)cc(-c3ccc(O)cc3)oc2c1OC. The molecule has 15 nitrogen and oxygen atoms in total. The maximum absolute atomic E-state index is 13.4.